The van der Waals surface area contributed by atoms with Crippen molar-refractivity contribution in [3.05, 3.63) is 58.4 Å². The zero-order valence-corrected chi connectivity index (χ0v) is 16.7. The van der Waals surface area contributed by atoms with Gasteiger partial charge in [0.05, 0.1) is 6.54 Å². The highest BCUT2D eigenvalue weighted by Crippen LogP contribution is 2.32. The summed E-state index contributed by atoms with van der Waals surface area (Å²) in [6.07, 6.45) is 4.68. The van der Waals surface area contributed by atoms with Crippen molar-refractivity contribution in [3.8, 4) is 5.75 Å². The maximum Gasteiger partial charge on any atom is 0.263 e. The van der Waals surface area contributed by atoms with Gasteiger partial charge in [-0.15, -0.1) is 11.3 Å². The molecule has 0 saturated heterocycles. The molecule has 2 aromatic heterocycles. The van der Waals surface area contributed by atoms with E-state index in [1.165, 1.54) is 18.2 Å². The first-order chi connectivity index (χ1) is 13.9. The van der Waals surface area contributed by atoms with Crippen molar-refractivity contribution in [2.24, 2.45) is 0 Å². The molecule has 0 fully saturated rings. The molecule has 0 aliphatic carbocycles. The number of hydrogen-bond acceptors (Lipinski definition) is 5. The number of benzene rings is 1. The van der Waals surface area contributed by atoms with Crippen LogP contribution in [0.5, 0.6) is 5.75 Å². The Bertz CT molecular complexity index is 1160. The van der Waals surface area contributed by atoms with Gasteiger partial charge in [0.15, 0.2) is 18.2 Å². The van der Waals surface area contributed by atoms with E-state index in [4.69, 9.17) is 4.74 Å². The zero-order valence-electron chi connectivity index (χ0n) is 15.9. The number of rotatable bonds is 4. The van der Waals surface area contributed by atoms with E-state index in [1.54, 1.807) is 47.7 Å². The SMILES string of the molecule is Cc1c(CN(C)C(=O)C=Cc2cnc3c(c2)OCC(=O)N3)sc2ccc(F)cc12. The Kier molecular flexibility index (Phi) is 5.02. The quantitative estimate of drug-likeness (QED) is 0.664. The molecule has 1 N–H and O–H groups in total. The Hall–Kier alpha value is -3.26. The van der Waals surface area contributed by atoms with Gasteiger partial charge in [0.2, 0.25) is 5.91 Å². The molecule has 6 nitrogen and oxygen atoms in total. The van der Waals surface area contributed by atoms with Crippen LogP contribution in [0.1, 0.15) is 16.0 Å². The lowest BCUT2D eigenvalue weighted by atomic mass is 10.1. The van der Waals surface area contributed by atoms with E-state index < -0.39 is 0 Å². The van der Waals surface area contributed by atoms with Crippen LogP contribution in [0.3, 0.4) is 0 Å². The van der Waals surface area contributed by atoms with Crippen LogP contribution >= 0.6 is 11.3 Å². The Morgan fingerprint density at radius 3 is 3.07 bits per heavy atom. The van der Waals surface area contributed by atoms with Crippen LogP contribution in [0.15, 0.2) is 36.5 Å². The molecule has 0 atom stereocenters. The number of halogens is 1. The van der Waals surface area contributed by atoms with Crippen LogP contribution in [-0.2, 0) is 16.1 Å². The molecule has 29 heavy (non-hydrogen) atoms. The van der Waals surface area contributed by atoms with Crippen LogP contribution in [0.2, 0.25) is 0 Å². The Balaban J connectivity index is 1.46. The molecular formula is C21H18FN3O3S. The molecule has 0 radical (unpaired) electrons. The van der Waals surface area contributed by atoms with Crippen LogP contribution in [-0.4, -0.2) is 35.4 Å². The van der Waals surface area contributed by atoms with Crippen LogP contribution in [0, 0.1) is 12.7 Å². The lowest BCUT2D eigenvalue weighted by Gasteiger charge is -2.17. The molecular weight excluding hydrogens is 393 g/mol. The monoisotopic (exact) mass is 411 g/mol. The number of nitrogens with one attached hydrogen (secondary N) is 1. The zero-order chi connectivity index (χ0) is 20.5. The first-order valence-corrected chi connectivity index (χ1v) is 9.76. The average Bonchev–Trinajstić information content (AvgIpc) is 3.01. The second-order valence-electron chi connectivity index (χ2n) is 6.77. The van der Waals surface area contributed by atoms with Gasteiger partial charge in [-0.2, -0.15) is 0 Å². The smallest absolute Gasteiger partial charge is 0.263 e. The summed E-state index contributed by atoms with van der Waals surface area (Å²) in [5.74, 6) is 0.170. The minimum Gasteiger partial charge on any atom is -0.480 e. The van der Waals surface area contributed by atoms with Crippen molar-refractivity contribution in [2.45, 2.75) is 13.5 Å². The molecule has 3 aromatic rings. The second kappa shape index (κ2) is 7.63. The van der Waals surface area contributed by atoms with Crippen molar-refractivity contribution in [3.63, 3.8) is 0 Å². The fraction of sp³-hybridized carbons (Fsp3) is 0.190. The number of thiophene rings is 1. The Morgan fingerprint density at radius 1 is 1.41 bits per heavy atom. The Morgan fingerprint density at radius 2 is 2.24 bits per heavy atom. The number of likely N-dealkylation sites (N-methyl/N-ethyl adjacent to an activating group) is 1. The van der Waals surface area contributed by atoms with Gasteiger partial charge in [0, 0.05) is 28.9 Å². The number of amides is 2. The number of nitrogens with zero attached hydrogens (tertiary/aromatic N) is 2. The van der Waals surface area contributed by atoms with E-state index in [0.717, 1.165) is 20.5 Å². The van der Waals surface area contributed by atoms with Gasteiger partial charge in [0.25, 0.3) is 5.91 Å². The first kappa shape index (κ1) is 19.1. The number of aromatic nitrogens is 1. The minimum atomic E-state index is -0.264. The van der Waals surface area contributed by atoms with E-state index in [2.05, 4.69) is 10.3 Å². The van der Waals surface area contributed by atoms with Crippen LogP contribution in [0.4, 0.5) is 10.2 Å². The third-order valence-corrected chi connectivity index (χ3v) is 5.92. The fourth-order valence-electron chi connectivity index (χ4n) is 3.05. The van der Waals surface area contributed by atoms with E-state index in [-0.39, 0.29) is 24.2 Å². The highest BCUT2D eigenvalue weighted by atomic mass is 32.1. The van der Waals surface area contributed by atoms with E-state index in [0.29, 0.717) is 23.7 Å². The predicted octanol–water partition coefficient (Wildman–Crippen LogP) is 3.75. The molecule has 148 valence electrons. The number of aryl methyl sites for hydroxylation is 1. The molecule has 0 spiro atoms. The van der Waals surface area contributed by atoms with E-state index in [9.17, 15) is 14.0 Å². The van der Waals surface area contributed by atoms with Crippen LogP contribution in [0.25, 0.3) is 16.2 Å². The molecule has 1 aliphatic heterocycles. The highest BCUT2D eigenvalue weighted by Gasteiger charge is 2.17. The summed E-state index contributed by atoms with van der Waals surface area (Å²) in [6.45, 7) is 2.33. The minimum absolute atomic E-state index is 0.0536. The molecule has 1 aliphatic rings. The highest BCUT2D eigenvalue weighted by molar-refractivity contribution is 7.19. The van der Waals surface area contributed by atoms with Gasteiger partial charge < -0.3 is 15.0 Å². The van der Waals surface area contributed by atoms with E-state index >= 15 is 0 Å². The van der Waals surface area contributed by atoms with Gasteiger partial charge in [-0.25, -0.2) is 9.37 Å². The summed E-state index contributed by atoms with van der Waals surface area (Å²) >= 11 is 1.56. The summed E-state index contributed by atoms with van der Waals surface area (Å²) in [6, 6.07) is 6.46. The molecule has 0 unspecified atom stereocenters. The molecule has 2 amide bonds. The largest absolute Gasteiger partial charge is 0.480 e. The molecule has 8 heteroatoms. The van der Waals surface area contributed by atoms with Gasteiger partial charge in [-0.05, 0) is 53.8 Å². The molecule has 1 aromatic carbocycles. The number of hydrogen-bond donors (Lipinski definition) is 1. The fourth-order valence-corrected chi connectivity index (χ4v) is 4.29. The maximum atomic E-state index is 13.5. The van der Waals surface area contributed by atoms with Crippen molar-refractivity contribution >= 4 is 45.1 Å². The standard InChI is InChI=1S/C21H18FN3O3S/c1-12-15-8-14(22)4-5-17(15)29-18(12)10-25(2)20(27)6-3-13-7-16-21(23-9-13)24-19(26)11-28-16/h3-9H,10-11H2,1-2H3,(H,23,24,26). The summed E-state index contributed by atoms with van der Waals surface area (Å²) in [5, 5.41) is 3.50. The van der Waals surface area contributed by atoms with Gasteiger partial charge in [0.1, 0.15) is 5.82 Å². The number of ether oxygens (including phenoxy) is 1. The topological polar surface area (TPSA) is 71.5 Å². The summed E-state index contributed by atoms with van der Waals surface area (Å²) in [7, 11) is 1.72. The summed E-state index contributed by atoms with van der Waals surface area (Å²) in [5.41, 5.74) is 1.68. The summed E-state index contributed by atoms with van der Waals surface area (Å²) in [4.78, 5) is 30.6. The number of fused-ring (bicyclic) bond motifs is 2. The third kappa shape index (κ3) is 3.97. The number of carbonyl (C=O) groups is 2. The maximum absolute atomic E-state index is 13.5. The van der Waals surface area contributed by atoms with Crippen molar-refractivity contribution in [1.29, 1.82) is 0 Å². The van der Waals surface area contributed by atoms with Gasteiger partial charge in [-0.1, -0.05) is 0 Å². The lowest BCUT2D eigenvalue weighted by molar-refractivity contribution is -0.125. The third-order valence-electron chi connectivity index (χ3n) is 4.66. The molecule has 3 heterocycles. The van der Waals surface area contributed by atoms with Crippen LogP contribution < -0.4 is 10.1 Å². The van der Waals surface area contributed by atoms with Gasteiger partial charge >= 0.3 is 0 Å². The molecule has 0 bridgehead atoms. The average molecular weight is 411 g/mol. The summed E-state index contributed by atoms with van der Waals surface area (Å²) < 4.78 is 19.8. The van der Waals surface area contributed by atoms with Crippen molar-refractivity contribution < 1.29 is 18.7 Å². The number of carbonyl (C=O) groups excluding carboxylic acids is 2. The second-order valence-corrected chi connectivity index (χ2v) is 7.91. The number of anilines is 1. The normalized spacial score (nSPS) is 13.3. The van der Waals surface area contributed by atoms with E-state index in [1.807, 2.05) is 6.92 Å². The molecule has 0 saturated carbocycles. The van der Waals surface area contributed by atoms with Crippen molar-refractivity contribution in [1.82, 2.24) is 9.88 Å². The van der Waals surface area contributed by atoms with Gasteiger partial charge in [-0.3, -0.25) is 9.59 Å². The predicted molar refractivity (Wildman–Crippen MR) is 110 cm³/mol. The Labute approximate surface area is 170 Å². The molecule has 4 rings (SSSR count). The lowest BCUT2D eigenvalue weighted by Crippen LogP contribution is -2.26. The number of pyridine rings is 1. The van der Waals surface area contributed by atoms with Crippen molar-refractivity contribution in [2.75, 3.05) is 19.0 Å². The first-order valence-electron chi connectivity index (χ1n) is 8.94.